The predicted octanol–water partition coefficient (Wildman–Crippen LogP) is 2.93. The molecular formula is C20H20N2O3. The maximum absolute atomic E-state index is 12.9. The number of nitrogens with zero attached hydrogens (tertiary/aromatic N) is 2. The molecule has 2 aromatic carbocycles. The zero-order valence-electron chi connectivity index (χ0n) is 14.3. The van der Waals surface area contributed by atoms with Crippen molar-refractivity contribution >= 4 is 16.7 Å². The Balaban J connectivity index is 2.42. The molecule has 1 N–H and O–H groups in total. The van der Waals surface area contributed by atoms with E-state index in [4.69, 9.17) is 0 Å². The molecule has 5 nitrogen and oxygen atoms in total. The number of likely N-dealkylation sites (N-methyl/N-ethyl adjacent to an activating group) is 1. The maximum atomic E-state index is 12.9. The van der Waals surface area contributed by atoms with Gasteiger partial charge in [0.1, 0.15) is 5.69 Å². The van der Waals surface area contributed by atoms with E-state index >= 15 is 0 Å². The number of fused-ring (bicyclic) bond motifs is 1. The predicted molar refractivity (Wildman–Crippen MR) is 99.2 cm³/mol. The number of hydrogen-bond acceptors (Lipinski definition) is 3. The molecule has 25 heavy (non-hydrogen) atoms. The minimum atomic E-state index is -1.10. The van der Waals surface area contributed by atoms with Crippen molar-refractivity contribution < 1.29 is 9.90 Å². The molecule has 0 unspecified atom stereocenters. The largest absolute Gasteiger partial charge is 0.477 e. The lowest BCUT2D eigenvalue weighted by atomic mass is 9.96. The molecule has 3 aromatic rings. The Morgan fingerprint density at radius 2 is 1.60 bits per heavy atom. The van der Waals surface area contributed by atoms with Gasteiger partial charge >= 0.3 is 5.97 Å². The van der Waals surface area contributed by atoms with Gasteiger partial charge in [0.25, 0.3) is 5.56 Å². The number of carboxylic acid groups (broad SMARTS) is 1. The van der Waals surface area contributed by atoms with E-state index in [0.717, 1.165) is 5.56 Å². The molecule has 0 bridgehead atoms. The van der Waals surface area contributed by atoms with E-state index in [-0.39, 0.29) is 11.3 Å². The van der Waals surface area contributed by atoms with Crippen molar-refractivity contribution in [2.24, 2.45) is 0 Å². The summed E-state index contributed by atoms with van der Waals surface area (Å²) in [7, 11) is 3.79. The summed E-state index contributed by atoms with van der Waals surface area (Å²) in [6.07, 6.45) is 0. The lowest BCUT2D eigenvalue weighted by molar-refractivity contribution is 0.0684. The molecule has 3 rings (SSSR count). The summed E-state index contributed by atoms with van der Waals surface area (Å²) < 4.78 is 1.38. The molecule has 0 saturated heterocycles. The fourth-order valence-electron chi connectivity index (χ4n) is 3.03. The van der Waals surface area contributed by atoms with E-state index in [1.807, 2.05) is 61.5 Å². The SMILES string of the molecule is CN(C)CCn1c(C(=O)O)c(-c2ccccc2)c2ccccc2c1=O. The zero-order valence-corrected chi connectivity index (χ0v) is 14.3. The van der Waals surface area contributed by atoms with Crippen molar-refractivity contribution in [2.45, 2.75) is 6.54 Å². The Hall–Kier alpha value is -2.92. The first kappa shape index (κ1) is 16.9. The van der Waals surface area contributed by atoms with Crippen LogP contribution in [0.5, 0.6) is 0 Å². The van der Waals surface area contributed by atoms with Crippen molar-refractivity contribution in [1.82, 2.24) is 9.47 Å². The van der Waals surface area contributed by atoms with Gasteiger partial charge in [-0.1, -0.05) is 48.5 Å². The van der Waals surface area contributed by atoms with Gasteiger partial charge in [-0.15, -0.1) is 0 Å². The standard InChI is InChI=1S/C20H20N2O3/c1-21(2)12-13-22-18(20(24)25)17(14-8-4-3-5-9-14)15-10-6-7-11-16(15)19(22)23/h3-11H,12-13H2,1-2H3,(H,24,25). The van der Waals surface area contributed by atoms with Gasteiger partial charge in [-0.05, 0) is 31.1 Å². The monoisotopic (exact) mass is 336 g/mol. The number of hydrogen-bond donors (Lipinski definition) is 1. The van der Waals surface area contributed by atoms with Crippen LogP contribution in [0.1, 0.15) is 10.5 Å². The lowest BCUT2D eigenvalue weighted by Crippen LogP contribution is -2.31. The smallest absolute Gasteiger partial charge is 0.353 e. The summed E-state index contributed by atoms with van der Waals surface area (Å²) in [4.78, 5) is 26.9. The Kier molecular flexibility index (Phi) is 4.67. The number of carbonyl (C=O) groups is 1. The van der Waals surface area contributed by atoms with Gasteiger partial charge in [0, 0.05) is 24.0 Å². The Morgan fingerprint density at radius 3 is 2.20 bits per heavy atom. The molecule has 1 heterocycles. The van der Waals surface area contributed by atoms with Crippen LogP contribution in [-0.4, -0.2) is 41.2 Å². The second-order valence-electron chi connectivity index (χ2n) is 6.20. The molecule has 5 heteroatoms. The van der Waals surface area contributed by atoms with E-state index < -0.39 is 5.97 Å². The second kappa shape index (κ2) is 6.91. The zero-order chi connectivity index (χ0) is 18.0. The summed E-state index contributed by atoms with van der Waals surface area (Å²) in [5, 5.41) is 11.1. The third kappa shape index (κ3) is 3.19. The molecule has 0 aliphatic carbocycles. The van der Waals surface area contributed by atoms with Crippen LogP contribution in [-0.2, 0) is 6.54 Å². The van der Waals surface area contributed by atoms with Crippen LogP contribution in [0.15, 0.2) is 59.4 Å². The topological polar surface area (TPSA) is 62.5 Å². The van der Waals surface area contributed by atoms with Crippen LogP contribution in [0.2, 0.25) is 0 Å². The number of carboxylic acids is 1. The van der Waals surface area contributed by atoms with Crippen molar-refractivity contribution in [3.8, 4) is 11.1 Å². The Labute approximate surface area is 145 Å². The van der Waals surface area contributed by atoms with Crippen LogP contribution in [0.25, 0.3) is 21.9 Å². The third-order valence-corrected chi connectivity index (χ3v) is 4.21. The van der Waals surface area contributed by atoms with Crippen molar-refractivity contribution in [3.05, 3.63) is 70.6 Å². The summed E-state index contributed by atoms with van der Waals surface area (Å²) in [6, 6.07) is 16.5. The first-order valence-corrected chi connectivity index (χ1v) is 8.09. The molecule has 0 atom stereocenters. The van der Waals surface area contributed by atoms with Gasteiger partial charge in [-0.3, -0.25) is 4.79 Å². The second-order valence-corrected chi connectivity index (χ2v) is 6.20. The summed E-state index contributed by atoms with van der Waals surface area (Å²) in [5.74, 6) is -1.10. The highest BCUT2D eigenvalue weighted by Crippen LogP contribution is 2.30. The molecule has 128 valence electrons. The number of rotatable bonds is 5. The van der Waals surface area contributed by atoms with E-state index in [0.29, 0.717) is 29.4 Å². The first-order valence-electron chi connectivity index (χ1n) is 8.09. The highest BCUT2D eigenvalue weighted by atomic mass is 16.4. The van der Waals surface area contributed by atoms with Gasteiger partial charge in [-0.25, -0.2) is 4.79 Å². The van der Waals surface area contributed by atoms with E-state index in [1.54, 1.807) is 12.1 Å². The molecule has 0 aliphatic heterocycles. The molecule has 0 saturated carbocycles. The third-order valence-electron chi connectivity index (χ3n) is 4.21. The quantitative estimate of drug-likeness (QED) is 0.778. The lowest BCUT2D eigenvalue weighted by Gasteiger charge is -2.19. The normalized spacial score (nSPS) is 11.2. The fraction of sp³-hybridized carbons (Fsp3) is 0.200. The minimum Gasteiger partial charge on any atom is -0.477 e. The molecule has 0 radical (unpaired) electrons. The van der Waals surface area contributed by atoms with Gasteiger partial charge in [-0.2, -0.15) is 0 Å². The van der Waals surface area contributed by atoms with E-state index in [2.05, 4.69) is 0 Å². The fourth-order valence-corrected chi connectivity index (χ4v) is 3.03. The molecule has 1 aromatic heterocycles. The molecular weight excluding hydrogens is 316 g/mol. The van der Waals surface area contributed by atoms with Crippen LogP contribution >= 0.6 is 0 Å². The Morgan fingerprint density at radius 1 is 1.00 bits per heavy atom. The first-order chi connectivity index (χ1) is 12.0. The summed E-state index contributed by atoms with van der Waals surface area (Å²) in [5.41, 5.74) is 1.14. The van der Waals surface area contributed by atoms with Crippen LogP contribution in [0, 0.1) is 0 Å². The number of aromatic carboxylic acids is 1. The van der Waals surface area contributed by atoms with Crippen LogP contribution in [0.4, 0.5) is 0 Å². The van der Waals surface area contributed by atoms with E-state index in [1.165, 1.54) is 4.57 Å². The molecule has 0 spiro atoms. The molecule has 0 aliphatic rings. The minimum absolute atomic E-state index is 0.0387. The number of pyridine rings is 1. The van der Waals surface area contributed by atoms with Gasteiger partial charge in [0.15, 0.2) is 0 Å². The van der Waals surface area contributed by atoms with Crippen molar-refractivity contribution in [2.75, 3.05) is 20.6 Å². The highest BCUT2D eigenvalue weighted by Gasteiger charge is 2.22. The summed E-state index contributed by atoms with van der Waals surface area (Å²) >= 11 is 0. The van der Waals surface area contributed by atoms with Gasteiger partial charge in [0.05, 0.1) is 0 Å². The van der Waals surface area contributed by atoms with Gasteiger partial charge in [0.2, 0.25) is 0 Å². The van der Waals surface area contributed by atoms with E-state index in [9.17, 15) is 14.7 Å². The van der Waals surface area contributed by atoms with Crippen molar-refractivity contribution in [1.29, 1.82) is 0 Å². The molecule has 0 amide bonds. The maximum Gasteiger partial charge on any atom is 0.353 e. The Bertz CT molecular complexity index is 975. The average Bonchev–Trinajstić information content (AvgIpc) is 2.61. The number of benzene rings is 2. The van der Waals surface area contributed by atoms with Crippen LogP contribution < -0.4 is 5.56 Å². The average molecular weight is 336 g/mol. The van der Waals surface area contributed by atoms with Crippen molar-refractivity contribution in [3.63, 3.8) is 0 Å². The molecule has 0 fully saturated rings. The number of aromatic nitrogens is 1. The summed E-state index contributed by atoms with van der Waals surface area (Å²) in [6.45, 7) is 0.894. The van der Waals surface area contributed by atoms with Crippen LogP contribution in [0.3, 0.4) is 0 Å². The highest BCUT2D eigenvalue weighted by molar-refractivity contribution is 6.06. The van der Waals surface area contributed by atoms with Gasteiger partial charge < -0.3 is 14.6 Å².